The van der Waals surface area contributed by atoms with Crippen LogP contribution in [0.3, 0.4) is 0 Å². The number of nitrogens with one attached hydrogen (secondary N) is 2. The molecule has 13 heteroatoms. The van der Waals surface area contributed by atoms with Gasteiger partial charge < -0.3 is 20.6 Å². The molecule has 2 saturated heterocycles. The highest BCUT2D eigenvalue weighted by atomic mass is 35.5. The van der Waals surface area contributed by atoms with E-state index in [1.54, 1.807) is 12.1 Å². The number of piperidine rings is 1. The number of benzene rings is 3. The average molecular weight is 729 g/mol. The Hall–Kier alpha value is -4.47. The van der Waals surface area contributed by atoms with Crippen LogP contribution in [0.5, 0.6) is 0 Å². The third-order valence-corrected chi connectivity index (χ3v) is 10.5. The molecule has 3 aromatic carbocycles. The lowest BCUT2D eigenvalue weighted by Gasteiger charge is -2.40. The molecule has 0 amide bonds. The summed E-state index contributed by atoms with van der Waals surface area (Å²) in [6, 6.07) is 18.1. The van der Waals surface area contributed by atoms with Crippen molar-refractivity contribution in [3.05, 3.63) is 99.7 Å². The van der Waals surface area contributed by atoms with Gasteiger partial charge in [-0.2, -0.15) is 5.26 Å². The van der Waals surface area contributed by atoms with E-state index in [9.17, 15) is 14.8 Å². The predicted molar refractivity (Wildman–Crippen MR) is 200 cm³/mol. The van der Waals surface area contributed by atoms with Gasteiger partial charge in [-0.25, -0.2) is 9.07 Å². The number of rotatable bonds is 8. The maximum absolute atomic E-state index is 14.0. The molecule has 0 saturated carbocycles. The molecule has 2 aliphatic rings. The normalized spacial score (nSPS) is 17.8. The lowest BCUT2D eigenvalue weighted by molar-refractivity contribution is 0.0866. The first-order chi connectivity index (χ1) is 24.5. The van der Waals surface area contributed by atoms with Gasteiger partial charge in [-0.1, -0.05) is 40.5 Å². The first-order valence-electron chi connectivity index (χ1n) is 17.2. The molecule has 0 spiro atoms. The molecule has 5 aromatic rings. The smallest absolute Gasteiger partial charge is 0.141 e. The summed E-state index contributed by atoms with van der Waals surface area (Å²) in [4.78, 5) is 9.02. The predicted octanol–water partition coefficient (Wildman–Crippen LogP) is 8.44. The van der Waals surface area contributed by atoms with Crippen LogP contribution < -0.4 is 15.5 Å². The van der Waals surface area contributed by atoms with Crippen molar-refractivity contribution in [3.63, 3.8) is 0 Å². The molecule has 1 unspecified atom stereocenters. The lowest BCUT2D eigenvalue weighted by atomic mass is 9.98. The van der Waals surface area contributed by atoms with Gasteiger partial charge >= 0.3 is 0 Å². The number of aliphatic hydroxyl groups excluding tert-OH is 1. The standard InChI is InChI=1S/C38H40Cl2FN9O/c1-38(2,3)48-14-11-27(12-15-48)50-22-33(46-47-50)36(23-6-4-7-28(16-23)49-13-5-8-34(49)51)45-26-17-29-35(44-25-9-10-32(41)30(39)18-25)24(20-42)21-43-37(29)31(40)19-26/h4,6-7,9-10,16-19,21-22,27,34,36,45,51H,5,8,11-15H2,1-3H3,(H,43,44)/t34?,36-/m0/s1. The number of anilines is 4. The fourth-order valence-corrected chi connectivity index (χ4v) is 7.56. The van der Waals surface area contributed by atoms with Gasteiger partial charge in [0.1, 0.15) is 23.8 Å². The van der Waals surface area contributed by atoms with Crippen LogP contribution in [0.4, 0.5) is 27.1 Å². The monoisotopic (exact) mass is 727 g/mol. The van der Waals surface area contributed by atoms with E-state index in [-0.39, 0.29) is 22.2 Å². The van der Waals surface area contributed by atoms with E-state index in [1.807, 2.05) is 40.0 Å². The minimum Gasteiger partial charge on any atom is -0.374 e. The first-order valence-corrected chi connectivity index (χ1v) is 18.0. The molecule has 0 aliphatic carbocycles. The summed E-state index contributed by atoms with van der Waals surface area (Å²) in [5, 5.41) is 37.9. The fourth-order valence-electron chi connectivity index (χ4n) is 7.11. The van der Waals surface area contributed by atoms with Crippen LogP contribution in [0, 0.1) is 17.1 Å². The first kappa shape index (κ1) is 35.0. The second-order valence-electron chi connectivity index (χ2n) is 14.3. The van der Waals surface area contributed by atoms with Crippen LogP contribution >= 0.6 is 23.2 Å². The van der Waals surface area contributed by atoms with Gasteiger partial charge in [-0.3, -0.25) is 9.88 Å². The number of nitriles is 1. The number of aromatic nitrogens is 4. The van der Waals surface area contributed by atoms with Crippen molar-refractivity contribution in [2.45, 2.75) is 70.3 Å². The molecule has 264 valence electrons. The molecule has 7 rings (SSSR count). The quantitative estimate of drug-likeness (QED) is 0.145. The summed E-state index contributed by atoms with van der Waals surface area (Å²) in [7, 11) is 0. The number of hydrogen-bond donors (Lipinski definition) is 3. The van der Waals surface area contributed by atoms with Crippen LogP contribution in [-0.4, -0.2) is 61.4 Å². The Morgan fingerprint density at radius 3 is 2.49 bits per heavy atom. The highest BCUT2D eigenvalue weighted by Gasteiger charge is 2.30. The molecular weight excluding hydrogens is 688 g/mol. The van der Waals surface area contributed by atoms with E-state index in [1.165, 1.54) is 18.3 Å². The third kappa shape index (κ3) is 7.32. The van der Waals surface area contributed by atoms with Crippen LogP contribution in [0.25, 0.3) is 10.9 Å². The Labute approximate surface area is 306 Å². The van der Waals surface area contributed by atoms with Gasteiger partial charge in [0.05, 0.1) is 45.1 Å². The highest BCUT2D eigenvalue weighted by molar-refractivity contribution is 6.36. The molecule has 0 bridgehead atoms. The average Bonchev–Trinajstić information content (AvgIpc) is 3.78. The number of halogens is 3. The molecular formula is C38H40Cl2FN9O. The molecule has 2 aromatic heterocycles. The number of nitrogens with zero attached hydrogens (tertiary/aromatic N) is 7. The number of aliphatic hydroxyl groups is 1. The molecule has 2 atom stereocenters. The maximum atomic E-state index is 14.0. The van der Waals surface area contributed by atoms with Crippen LogP contribution in [0.15, 0.2) is 67.0 Å². The highest BCUT2D eigenvalue weighted by Crippen LogP contribution is 2.38. The van der Waals surface area contributed by atoms with E-state index in [0.717, 1.165) is 62.3 Å². The second-order valence-corrected chi connectivity index (χ2v) is 15.1. The minimum absolute atomic E-state index is 0.0448. The van der Waals surface area contributed by atoms with Gasteiger partial charge in [-0.15, -0.1) is 5.10 Å². The topological polar surface area (TPSA) is 118 Å². The minimum atomic E-state index is -0.543. The van der Waals surface area contributed by atoms with Crippen LogP contribution in [0.1, 0.15) is 75.4 Å². The zero-order valence-corrected chi connectivity index (χ0v) is 30.3. The van der Waals surface area contributed by atoms with Crippen molar-refractivity contribution in [2.75, 3.05) is 35.2 Å². The Bertz CT molecular complexity index is 2100. The van der Waals surface area contributed by atoms with Crippen LogP contribution in [0.2, 0.25) is 10.0 Å². The van der Waals surface area contributed by atoms with Gasteiger partial charge in [0, 0.05) is 53.8 Å². The lowest BCUT2D eigenvalue weighted by Crippen LogP contribution is -2.46. The summed E-state index contributed by atoms with van der Waals surface area (Å²) in [6.45, 7) is 9.50. The van der Waals surface area contributed by atoms with E-state index in [0.29, 0.717) is 33.0 Å². The van der Waals surface area contributed by atoms with Crippen LogP contribution in [-0.2, 0) is 0 Å². The number of fused-ring (bicyclic) bond motifs is 1. The van der Waals surface area contributed by atoms with Gasteiger partial charge in [0.15, 0.2) is 0 Å². The van der Waals surface area contributed by atoms with Gasteiger partial charge in [0.25, 0.3) is 0 Å². The zero-order valence-electron chi connectivity index (χ0n) is 28.7. The summed E-state index contributed by atoms with van der Waals surface area (Å²) in [5.74, 6) is -0.543. The van der Waals surface area contributed by atoms with Gasteiger partial charge in [0.2, 0.25) is 0 Å². The molecule has 0 radical (unpaired) electrons. The van der Waals surface area contributed by atoms with Crippen molar-refractivity contribution in [2.24, 2.45) is 0 Å². The number of hydrogen-bond acceptors (Lipinski definition) is 9. The second kappa shape index (κ2) is 14.3. The molecule has 3 N–H and O–H groups in total. The van der Waals surface area contributed by atoms with Crippen molar-refractivity contribution in [1.82, 2.24) is 24.9 Å². The number of likely N-dealkylation sites (tertiary alicyclic amines) is 1. The van der Waals surface area contributed by atoms with Crippen molar-refractivity contribution in [1.29, 1.82) is 5.26 Å². The SMILES string of the molecule is CC(C)(C)N1CCC(n2cc([C@@H](Nc3cc(Cl)c4ncc(C#N)c(Nc5ccc(F)c(Cl)c5)c4c3)c3cccc(N4CCCC4O)c3)nn2)CC1. The summed E-state index contributed by atoms with van der Waals surface area (Å²) >= 11 is 13.0. The molecule has 10 nitrogen and oxygen atoms in total. The fraction of sp³-hybridized carbons (Fsp3) is 0.368. The maximum Gasteiger partial charge on any atom is 0.141 e. The van der Waals surface area contributed by atoms with E-state index < -0.39 is 18.1 Å². The Morgan fingerprint density at radius 2 is 1.78 bits per heavy atom. The Balaban J connectivity index is 1.27. The van der Waals surface area contributed by atoms with E-state index in [4.69, 9.17) is 28.3 Å². The van der Waals surface area contributed by atoms with Crippen molar-refractivity contribution >= 4 is 56.9 Å². The van der Waals surface area contributed by atoms with Crippen molar-refractivity contribution < 1.29 is 9.50 Å². The molecule has 2 fully saturated rings. The largest absolute Gasteiger partial charge is 0.374 e. The Kier molecular flexibility index (Phi) is 9.78. The molecule has 4 heterocycles. The third-order valence-electron chi connectivity index (χ3n) is 9.91. The Morgan fingerprint density at radius 1 is 1.00 bits per heavy atom. The summed E-state index contributed by atoms with van der Waals surface area (Å²) in [6.07, 6.45) is 6.55. The summed E-state index contributed by atoms with van der Waals surface area (Å²) < 4.78 is 16.0. The molecule has 2 aliphatic heterocycles. The van der Waals surface area contributed by atoms with Gasteiger partial charge in [-0.05, 0) is 94.5 Å². The zero-order chi connectivity index (χ0) is 35.9. The summed E-state index contributed by atoms with van der Waals surface area (Å²) in [5.41, 5.74) is 5.11. The van der Waals surface area contributed by atoms with Crippen molar-refractivity contribution in [3.8, 4) is 6.07 Å². The van der Waals surface area contributed by atoms with E-state index >= 15 is 0 Å². The molecule has 51 heavy (non-hydrogen) atoms. The number of pyridine rings is 1. The van der Waals surface area contributed by atoms with E-state index in [2.05, 4.69) is 58.6 Å².